The molecule has 6 heteroatoms. The van der Waals surface area contributed by atoms with Crippen LogP contribution in [0.4, 0.5) is 8.78 Å². The molecule has 0 radical (unpaired) electrons. The van der Waals surface area contributed by atoms with Gasteiger partial charge >= 0.3 is 0 Å². The van der Waals surface area contributed by atoms with Gasteiger partial charge in [-0.25, -0.2) is 8.78 Å². The maximum Gasteiger partial charge on any atom is 0.265 e. The fraction of sp³-hybridized carbons (Fsp3) is 0.650. The molecule has 0 aliphatic carbocycles. The minimum Gasteiger partial charge on any atom is -0.385 e. The van der Waals surface area contributed by atoms with E-state index in [1.807, 2.05) is 57.4 Å². The zero-order valence-corrected chi connectivity index (χ0v) is 16.8. The fourth-order valence-electron chi connectivity index (χ4n) is 3.37. The van der Waals surface area contributed by atoms with Crippen LogP contribution in [0.5, 0.6) is 0 Å². The highest BCUT2D eigenvalue weighted by atomic mass is 19.3. The standard InChI is InChI=1S/C20H32F2N4/c1-14-7-8-15(2)26(14)18(23)11-17(19(3,4)5)24-12-16-9-10-25(6)13-20(16,21)22/h7-8,11,16H,9-10,12-13,23H2,1-6H3. The summed E-state index contributed by atoms with van der Waals surface area (Å²) in [7, 11) is 1.74. The van der Waals surface area contributed by atoms with Crippen molar-refractivity contribution >= 4 is 11.5 Å². The van der Waals surface area contributed by atoms with E-state index in [1.165, 1.54) is 0 Å². The average Bonchev–Trinajstić information content (AvgIpc) is 2.82. The lowest BCUT2D eigenvalue weighted by molar-refractivity contribution is -0.101. The summed E-state index contributed by atoms with van der Waals surface area (Å²) >= 11 is 0. The quantitative estimate of drug-likeness (QED) is 0.821. The Kier molecular flexibility index (Phi) is 5.95. The van der Waals surface area contributed by atoms with Crippen molar-refractivity contribution in [1.29, 1.82) is 0 Å². The number of likely N-dealkylation sites (tertiary alicyclic amines) is 1. The topological polar surface area (TPSA) is 46.6 Å². The number of nitrogens with zero attached hydrogens (tertiary/aromatic N) is 3. The van der Waals surface area contributed by atoms with Crippen molar-refractivity contribution in [2.75, 3.05) is 26.7 Å². The summed E-state index contributed by atoms with van der Waals surface area (Å²) in [4.78, 5) is 6.28. The Bertz CT molecular complexity index is 676. The Labute approximate surface area is 155 Å². The minimum atomic E-state index is -2.71. The molecule has 2 rings (SSSR count). The van der Waals surface area contributed by atoms with Gasteiger partial charge in [0.2, 0.25) is 0 Å². The third-order valence-electron chi connectivity index (χ3n) is 5.00. The summed E-state index contributed by atoms with van der Waals surface area (Å²) in [6.07, 6.45) is 2.28. The summed E-state index contributed by atoms with van der Waals surface area (Å²) in [5.41, 5.74) is 8.84. The molecule has 0 amide bonds. The molecule has 1 aromatic rings. The number of halogens is 2. The summed E-state index contributed by atoms with van der Waals surface area (Å²) in [5.74, 6) is -2.86. The van der Waals surface area contributed by atoms with E-state index in [1.54, 1.807) is 11.9 Å². The second-order valence-corrected chi connectivity index (χ2v) is 8.48. The van der Waals surface area contributed by atoms with Crippen molar-refractivity contribution < 1.29 is 8.78 Å². The van der Waals surface area contributed by atoms with E-state index in [0.717, 1.165) is 17.1 Å². The van der Waals surface area contributed by atoms with Crippen LogP contribution in [0.25, 0.3) is 5.82 Å². The second kappa shape index (κ2) is 7.51. The Hall–Kier alpha value is -1.69. The Morgan fingerprint density at radius 2 is 1.88 bits per heavy atom. The first-order valence-electron chi connectivity index (χ1n) is 9.15. The summed E-state index contributed by atoms with van der Waals surface area (Å²) < 4.78 is 30.6. The molecule has 0 spiro atoms. The van der Waals surface area contributed by atoms with Gasteiger partial charge in [0.15, 0.2) is 0 Å². The molecule has 1 aliphatic heterocycles. The predicted octanol–water partition coefficient (Wildman–Crippen LogP) is 3.94. The van der Waals surface area contributed by atoms with Crippen LogP contribution in [-0.4, -0.2) is 47.8 Å². The normalized spacial score (nSPS) is 22.7. The zero-order chi connectivity index (χ0) is 19.7. The Morgan fingerprint density at radius 1 is 1.31 bits per heavy atom. The molecule has 2 N–H and O–H groups in total. The maximum absolute atomic E-state index is 14.3. The van der Waals surface area contributed by atoms with E-state index in [4.69, 9.17) is 5.73 Å². The summed E-state index contributed by atoms with van der Waals surface area (Å²) in [6, 6.07) is 4.01. The summed E-state index contributed by atoms with van der Waals surface area (Å²) in [6.45, 7) is 10.7. The maximum atomic E-state index is 14.3. The van der Waals surface area contributed by atoms with Crippen LogP contribution in [0.15, 0.2) is 23.2 Å². The molecule has 0 saturated carbocycles. The molecule has 26 heavy (non-hydrogen) atoms. The molecule has 1 aromatic heterocycles. The Morgan fingerprint density at radius 3 is 2.38 bits per heavy atom. The third kappa shape index (κ3) is 4.72. The zero-order valence-electron chi connectivity index (χ0n) is 16.8. The lowest BCUT2D eigenvalue weighted by atomic mass is 9.88. The van der Waals surface area contributed by atoms with Gasteiger partial charge in [0.05, 0.1) is 6.54 Å². The van der Waals surface area contributed by atoms with Crippen molar-refractivity contribution in [3.05, 3.63) is 29.6 Å². The van der Waals surface area contributed by atoms with Gasteiger partial charge < -0.3 is 15.2 Å². The molecule has 1 aliphatic rings. The molecule has 0 bridgehead atoms. The molecule has 146 valence electrons. The van der Waals surface area contributed by atoms with Gasteiger partial charge in [-0.3, -0.25) is 4.99 Å². The number of nitrogens with two attached hydrogens (primary N) is 1. The van der Waals surface area contributed by atoms with E-state index in [0.29, 0.717) is 18.8 Å². The molecule has 1 unspecified atom stereocenters. The van der Waals surface area contributed by atoms with Crippen molar-refractivity contribution in [3.8, 4) is 0 Å². The van der Waals surface area contributed by atoms with Gasteiger partial charge in [-0.1, -0.05) is 20.8 Å². The molecule has 0 aromatic carbocycles. The molecule has 2 heterocycles. The van der Waals surface area contributed by atoms with Crippen LogP contribution in [0, 0.1) is 25.2 Å². The number of allylic oxidation sites excluding steroid dienone is 1. The average molecular weight is 367 g/mol. The van der Waals surface area contributed by atoms with Gasteiger partial charge in [0.25, 0.3) is 5.92 Å². The first-order chi connectivity index (χ1) is 11.9. The number of alkyl halides is 2. The summed E-state index contributed by atoms with van der Waals surface area (Å²) in [5, 5.41) is 0. The van der Waals surface area contributed by atoms with Gasteiger partial charge in [-0.05, 0) is 46.0 Å². The van der Waals surface area contributed by atoms with E-state index >= 15 is 0 Å². The highest BCUT2D eigenvalue weighted by Gasteiger charge is 2.43. The first-order valence-corrected chi connectivity index (χ1v) is 9.15. The monoisotopic (exact) mass is 366 g/mol. The highest BCUT2D eigenvalue weighted by Crippen LogP contribution is 2.33. The number of hydrogen-bond acceptors (Lipinski definition) is 3. The van der Waals surface area contributed by atoms with E-state index < -0.39 is 11.8 Å². The number of rotatable bonds is 4. The van der Waals surface area contributed by atoms with Gasteiger partial charge in [-0.2, -0.15) is 0 Å². The van der Waals surface area contributed by atoms with E-state index in [2.05, 4.69) is 4.99 Å². The van der Waals surface area contributed by atoms with Crippen LogP contribution in [0.2, 0.25) is 0 Å². The van der Waals surface area contributed by atoms with Crippen LogP contribution in [0.3, 0.4) is 0 Å². The second-order valence-electron chi connectivity index (χ2n) is 8.48. The number of aromatic nitrogens is 1. The van der Waals surface area contributed by atoms with E-state index in [-0.39, 0.29) is 18.5 Å². The lowest BCUT2D eigenvalue weighted by Gasteiger charge is -2.36. The number of piperidine rings is 1. The number of aryl methyl sites for hydroxylation is 2. The van der Waals surface area contributed by atoms with Crippen molar-refractivity contribution in [2.24, 2.45) is 22.1 Å². The SMILES string of the molecule is Cc1ccc(C)n1C(N)=CC(=NCC1CCN(C)CC1(F)F)C(C)(C)C. The molecule has 1 saturated heterocycles. The molecular weight excluding hydrogens is 334 g/mol. The van der Waals surface area contributed by atoms with Gasteiger partial charge in [0, 0.05) is 41.1 Å². The van der Waals surface area contributed by atoms with E-state index in [9.17, 15) is 8.78 Å². The third-order valence-corrected chi connectivity index (χ3v) is 5.00. The first kappa shape index (κ1) is 20.6. The van der Waals surface area contributed by atoms with Crippen molar-refractivity contribution in [2.45, 2.75) is 47.0 Å². The van der Waals surface area contributed by atoms with Gasteiger partial charge in [0.1, 0.15) is 5.82 Å². The molecule has 1 atom stereocenters. The highest BCUT2D eigenvalue weighted by molar-refractivity contribution is 6.02. The largest absolute Gasteiger partial charge is 0.385 e. The van der Waals surface area contributed by atoms with Crippen molar-refractivity contribution in [1.82, 2.24) is 9.47 Å². The smallest absolute Gasteiger partial charge is 0.265 e. The molecule has 1 fully saturated rings. The van der Waals surface area contributed by atoms with Crippen LogP contribution >= 0.6 is 0 Å². The number of aliphatic imine (C=N–C) groups is 1. The minimum absolute atomic E-state index is 0.126. The van der Waals surface area contributed by atoms with Gasteiger partial charge in [-0.15, -0.1) is 0 Å². The lowest BCUT2D eigenvalue weighted by Crippen LogP contribution is -2.48. The fourth-order valence-corrected chi connectivity index (χ4v) is 3.37. The van der Waals surface area contributed by atoms with Crippen LogP contribution in [-0.2, 0) is 0 Å². The molecule has 4 nitrogen and oxygen atoms in total. The van der Waals surface area contributed by atoms with Crippen LogP contribution in [0.1, 0.15) is 38.6 Å². The van der Waals surface area contributed by atoms with Crippen LogP contribution < -0.4 is 5.73 Å². The van der Waals surface area contributed by atoms with Crippen molar-refractivity contribution in [3.63, 3.8) is 0 Å². The Balaban J connectivity index is 2.28. The molecular formula is C20H32F2N4. The number of hydrogen-bond donors (Lipinski definition) is 1. The predicted molar refractivity (Wildman–Crippen MR) is 105 cm³/mol.